The van der Waals surface area contributed by atoms with Crippen molar-refractivity contribution in [3.05, 3.63) is 18.2 Å². The fraction of sp³-hybridized carbons (Fsp3) is 0.571. The summed E-state index contributed by atoms with van der Waals surface area (Å²) in [4.78, 5) is 0. The van der Waals surface area contributed by atoms with E-state index in [1.54, 1.807) is 0 Å². The highest BCUT2D eigenvalue weighted by Gasteiger charge is 2.29. The lowest BCUT2D eigenvalue weighted by molar-refractivity contribution is 0.332. The molecule has 120 valence electrons. The molecule has 2 aromatic rings. The van der Waals surface area contributed by atoms with Crippen LogP contribution in [-0.2, 0) is 10.0 Å². The first-order valence-corrected chi connectivity index (χ1v) is 8.85. The third-order valence-electron chi connectivity index (χ3n) is 3.67. The van der Waals surface area contributed by atoms with Gasteiger partial charge in [-0.15, -0.1) is 10.2 Å². The zero-order valence-corrected chi connectivity index (χ0v) is 13.5. The Morgan fingerprint density at radius 2 is 1.91 bits per heavy atom. The molecule has 1 fully saturated rings. The van der Waals surface area contributed by atoms with Gasteiger partial charge in [-0.05, 0) is 12.8 Å². The van der Waals surface area contributed by atoms with Gasteiger partial charge < -0.3 is 8.83 Å². The minimum absolute atomic E-state index is 0.0753. The first-order chi connectivity index (χ1) is 10.5. The zero-order valence-electron chi connectivity index (χ0n) is 12.7. The number of hydrogen-bond donors (Lipinski definition) is 0. The highest BCUT2D eigenvalue weighted by Crippen LogP contribution is 2.28. The van der Waals surface area contributed by atoms with Crippen LogP contribution in [-0.4, -0.2) is 36.0 Å². The van der Waals surface area contributed by atoms with Crippen LogP contribution in [0, 0.1) is 0 Å². The Morgan fingerprint density at radius 3 is 2.55 bits per heavy atom. The van der Waals surface area contributed by atoms with Crippen LogP contribution < -0.4 is 0 Å². The molecular formula is C14H19N3O4S. The summed E-state index contributed by atoms with van der Waals surface area (Å²) in [6.07, 6.45) is 4.17. The first kappa shape index (κ1) is 15.2. The van der Waals surface area contributed by atoms with E-state index in [4.69, 9.17) is 8.83 Å². The van der Waals surface area contributed by atoms with E-state index in [1.807, 2.05) is 13.8 Å². The van der Waals surface area contributed by atoms with Crippen molar-refractivity contribution in [1.82, 2.24) is 14.5 Å². The maximum absolute atomic E-state index is 12.5. The maximum Gasteiger partial charge on any atom is 0.276 e. The van der Waals surface area contributed by atoms with Gasteiger partial charge in [0, 0.05) is 25.1 Å². The highest BCUT2D eigenvalue weighted by atomic mass is 32.2. The van der Waals surface area contributed by atoms with Crippen LogP contribution in [0.1, 0.15) is 44.9 Å². The van der Waals surface area contributed by atoms with Crippen LogP contribution in [0.25, 0.3) is 11.5 Å². The van der Waals surface area contributed by atoms with Gasteiger partial charge in [0.15, 0.2) is 0 Å². The monoisotopic (exact) mass is 325 g/mol. The van der Waals surface area contributed by atoms with Crippen molar-refractivity contribution < 1.29 is 17.3 Å². The second-order valence-electron chi connectivity index (χ2n) is 5.72. The molecule has 2 aromatic heterocycles. The lowest BCUT2D eigenvalue weighted by Gasteiger charge is -2.24. The molecule has 0 aliphatic carbocycles. The summed E-state index contributed by atoms with van der Waals surface area (Å²) in [7, 11) is -3.58. The van der Waals surface area contributed by atoms with E-state index in [9.17, 15) is 8.42 Å². The lowest BCUT2D eigenvalue weighted by atomic mass is 10.2. The maximum atomic E-state index is 12.5. The summed E-state index contributed by atoms with van der Waals surface area (Å²) in [5, 5.41) is 7.79. The molecule has 0 amide bonds. The number of nitrogens with zero attached hydrogens (tertiary/aromatic N) is 3. The van der Waals surface area contributed by atoms with E-state index in [0.29, 0.717) is 24.5 Å². The minimum atomic E-state index is -3.58. The number of furan rings is 1. The molecule has 0 radical (unpaired) electrons. The Hall–Kier alpha value is -1.67. The van der Waals surface area contributed by atoms with E-state index < -0.39 is 10.0 Å². The van der Waals surface area contributed by atoms with Gasteiger partial charge in [-0.25, -0.2) is 8.42 Å². The summed E-state index contributed by atoms with van der Waals surface area (Å²) in [6.45, 7) is 4.96. The number of piperidine rings is 1. The van der Waals surface area contributed by atoms with Crippen LogP contribution in [0.5, 0.6) is 0 Å². The number of aromatic nitrogens is 2. The van der Waals surface area contributed by atoms with Crippen LogP contribution in [0.2, 0.25) is 0 Å². The average molecular weight is 325 g/mol. The van der Waals surface area contributed by atoms with Gasteiger partial charge in [-0.2, -0.15) is 4.31 Å². The van der Waals surface area contributed by atoms with Crippen molar-refractivity contribution in [2.45, 2.75) is 44.1 Å². The van der Waals surface area contributed by atoms with Crippen molar-refractivity contribution in [3.8, 4) is 11.5 Å². The van der Waals surface area contributed by atoms with Crippen molar-refractivity contribution in [1.29, 1.82) is 0 Å². The Labute approximate surface area is 129 Å². The first-order valence-electron chi connectivity index (χ1n) is 7.41. The molecular weight excluding hydrogens is 306 g/mol. The molecule has 7 nitrogen and oxygen atoms in total. The predicted octanol–water partition coefficient (Wildman–Crippen LogP) is 2.63. The number of rotatable bonds is 4. The fourth-order valence-electron chi connectivity index (χ4n) is 2.38. The quantitative estimate of drug-likeness (QED) is 0.858. The molecule has 0 spiro atoms. The van der Waals surface area contributed by atoms with Crippen LogP contribution in [0.15, 0.2) is 26.3 Å². The second-order valence-corrected chi connectivity index (χ2v) is 7.59. The zero-order chi connectivity index (χ0) is 15.7. The predicted molar refractivity (Wildman–Crippen MR) is 78.7 cm³/mol. The molecule has 0 unspecified atom stereocenters. The van der Waals surface area contributed by atoms with Gasteiger partial charge in [0.05, 0.1) is 5.56 Å². The Bertz CT molecular complexity index is 742. The molecule has 0 aromatic carbocycles. The van der Waals surface area contributed by atoms with E-state index in [2.05, 4.69) is 10.2 Å². The number of sulfonamides is 1. The largest absolute Gasteiger partial charge is 0.451 e. The molecule has 0 atom stereocenters. The van der Waals surface area contributed by atoms with Gasteiger partial charge in [0.25, 0.3) is 15.9 Å². The molecule has 22 heavy (non-hydrogen) atoms. The summed E-state index contributed by atoms with van der Waals surface area (Å²) >= 11 is 0. The molecule has 3 rings (SSSR count). The van der Waals surface area contributed by atoms with Crippen molar-refractivity contribution in [2.24, 2.45) is 0 Å². The smallest absolute Gasteiger partial charge is 0.276 e. The van der Waals surface area contributed by atoms with E-state index in [0.717, 1.165) is 19.3 Å². The van der Waals surface area contributed by atoms with Gasteiger partial charge in [0.2, 0.25) is 11.0 Å². The summed E-state index contributed by atoms with van der Waals surface area (Å²) in [6, 6.07) is 1.45. The summed E-state index contributed by atoms with van der Waals surface area (Å²) in [5.41, 5.74) is 0.481. The van der Waals surface area contributed by atoms with Gasteiger partial charge >= 0.3 is 0 Å². The van der Waals surface area contributed by atoms with E-state index in [-0.39, 0.29) is 16.9 Å². The molecule has 0 N–H and O–H groups in total. The van der Waals surface area contributed by atoms with Crippen LogP contribution in [0.3, 0.4) is 0 Å². The summed E-state index contributed by atoms with van der Waals surface area (Å²) in [5.74, 6) is 0.897. The average Bonchev–Trinajstić information content (AvgIpc) is 3.17. The normalized spacial score (nSPS) is 17.2. The molecule has 1 aliphatic heterocycles. The molecule has 1 saturated heterocycles. The standard InChI is InChI=1S/C14H19N3O4S/c1-10(2)13-15-16-14(21-13)11-8-12(20-9-11)22(18,19)17-6-4-3-5-7-17/h8-10H,3-7H2,1-2H3. The Kier molecular flexibility index (Phi) is 4.05. The van der Waals surface area contributed by atoms with Crippen LogP contribution in [0.4, 0.5) is 0 Å². The van der Waals surface area contributed by atoms with Gasteiger partial charge in [-0.3, -0.25) is 0 Å². The van der Waals surface area contributed by atoms with Crippen molar-refractivity contribution in [2.75, 3.05) is 13.1 Å². The molecule has 0 bridgehead atoms. The van der Waals surface area contributed by atoms with Crippen LogP contribution >= 0.6 is 0 Å². The summed E-state index contributed by atoms with van der Waals surface area (Å²) < 4.78 is 37.2. The topological polar surface area (TPSA) is 89.4 Å². The molecule has 8 heteroatoms. The van der Waals surface area contributed by atoms with E-state index >= 15 is 0 Å². The van der Waals surface area contributed by atoms with Crippen molar-refractivity contribution >= 4 is 10.0 Å². The molecule has 1 aliphatic rings. The second kappa shape index (κ2) is 5.85. The molecule has 3 heterocycles. The van der Waals surface area contributed by atoms with E-state index in [1.165, 1.54) is 16.6 Å². The Morgan fingerprint density at radius 1 is 1.18 bits per heavy atom. The lowest BCUT2D eigenvalue weighted by Crippen LogP contribution is -2.35. The Balaban J connectivity index is 1.86. The van der Waals surface area contributed by atoms with Gasteiger partial charge in [0.1, 0.15) is 6.26 Å². The third-order valence-corrected chi connectivity index (χ3v) is 5.43. The SMILES string of the molecule is CC(C)c1nnc(-c2coc(S(=O)(=O)N3CCCCC3)c2)o1. The minimum Gasteiger partial charge on any atom is -0.451 e. The van der Waals surface area contributed by atoms with Crippen molar-refractivity contribution in [3.63, 3.8) is 0 Å². The molecule has 0 saturated carbocycles. The third kappa shape index (κ3) is 2.80. The highest BCUT2D eigenvalue weighted by molar-refractivity contribution is 7.89. The number of hydrogen-bond acceptors (Lipinski definition) is 6. The fourth-order valence-corrected chi connectivity index (χ4v) is 3.82. The van der Waals surface area contributed by atoms with Gasteiger partial charge in [-0.1, -0.05) is 20.3 Å².